The zero-order chi connectivity index (χ0) is 10.8. The van der Waals surface area contributed by atoms with Crippen LogP contribution in [-0.2, 0) is 14.8 Å². The van der Waals surface area contributed by atoms with E-state index < -0.39 is 15.8 Å². The summed E-state index contributed by atoms with van der Waals surface area (Å²) in [4.78, 5) is 9.85. The first-order valence-electron chi connectivity index (χ1n) is 3.69. The third-order valence-electron chi connectivity index (χ3n) is 1.64. The van der Waals surface area contributed by atoms with Gasteiger partial charge in [0.25, 0.3) is 10.0 Å². The number of sulfonamides is 1. The highest BCUT2D eigenvalue weighted by atomic mass is 32.2. The van der Waals surface area contributed by atoms with Crippen molar-refractivity contribution in [3.05, 3.63) is 29.6 Å². The molecule has 0 saturated carbocycles. The van der Waals surface area contributed by atoms with E-state index in [0.29, 0.717) is 0 Å². The van der Waals surface area contributed by atoms with E-state index in [4.69, 9.17) is 0 Å². The van der Waals surface area contributed by atoms with Gasteiger partial charge in [0.05, 0.1) is 4.90 Å². The molecule has 1 amide bonds. The molecule has 0 aromatic heterocycles. The molecule has 1 N–H and O–H groups in total. The molecule has 6 heteroatoms. The molecule has 4 nitrogen and oxygen atoms in total. The molecule has 0 aliphatic heterocycles. The molecule has 0 fully saturated rings. The third kappa shape index (κ3) is 2.08. The fourth-order valence-corrected chi connectivity index (χ4v) is 1.76. The van der Waals surface area contributed by atoms with Crippen LogP contribution in [-0.4, -0.2) is 14.8 Å². The lowest BCUT2D eigenvalue weighted by atomic mass is 10.2. The van der Waals surface area contributed by atoms with Gasteiger partial charge in [-0.2, -0.15) is 0 Å². The summed E-state index contributed by atoms with van der Waals surface area (Å²) < 4.78 is 36.9. The summed E-state index contributed by atoms with van der Waals surface area (Å²) >= 11 is 0. The van der Waals surface area contributed by atoms with Crippen molar-refractivity contribution >= 4 is 16.4 Å². The van der Waals surface area contributed by atoms with Crippen molar-refractivity contribution < 1.29 is 17.6 Å². The van der Waals surface area contributed by atoms with Crippen LogP contribution in [0, 0.1) is 12.7 Å². The van der Waals surface area contributed by atoms with Crippen molar-refractivity contribution in [1.29, 1.82) is 0 Å². The fourth-order valence-electron chi connectivity index (χ4n) is 0.916. The lowest BCUT2D eigenvalue weighted by molar-refractivity contribution is -0.108. The Morgan fingerprint density at radius 2 is 2.07 bits per heavy atom. The van der Waals surface area contributed by atoms with Gasteiger partial charge in [-0.05, 0) is 30.7 Å². The van der Waals surface area contributed by atoms with Gasteiger partial charge in [-0.25, -0.2) is 12.8 Å². The minimum Gasteiger partial charge on any atom is -0.278 e. The summed E-state index contributed by atoms with van der Waals surface area (Å²) in [5.74, 6) is -0.491. The molecule has 1 aromatic rings. The average Bonchev–Trinajstić information content (AvgIpc) is 2.09. The quantitative estimate of drug-likeness (QED) is 0.753. The Bertz CT molecular complexity index is 456. The van der Waals surface area contributed by atoms with E-state index in [1.165, 1.54) is 6.92 Å². The number of nitrogens with one attached hydrogen (secondary N) is 1. The van der Waals surface area contributed by atoms with Crippen LogP contribution in [0.1, 0.15) is 5.56 Å². The van der Waals surface area contributed by atoms with Crippen LogP contribution in [0.25, 0.3) is 0 Å². The number of carbonyl (C=O) groups excluding carboxylic acids is 1. The third-order valence-corrected chi connectivity index (χ3v) is 2.92. The molecule has 76 valence electrons. The number of aryl methyl sites for hydroxylation is 1. The molecule has 1 rings (SSSR count). The number of hydrogen-bond donors (Lipinski definition) is 1. The zero-order valence-corrected chi connectivity index (χ0v) is 8.14. The minimum atomic E-state index is -3.83. The van der Waals surface area contributed by atoms with Crippen LogP contribution in [0.15, 0.2) is 23.1 Å². The Hall–Kier alpha value is -1.43. The van der Waals surface area contributed by atoms with E-state index in [1.54, 1.807) is 4.72 Å². The molecular formula is C8H8FNO3S. The summed E-state index contributed by atoms with van der Waals surface area (Å²) in [6.45, 7) is 1.44. The molecule has 0 bridgehead atoms. The molecule has 0 aliphatic rings. The minimum absolute atomic E-state index is 0.0635. The summed E-state index contributed by atoms with van der Waals surface area (Å²) in [5.41, 5.74) is 0.207. The number of hydrogen-bond acceptors (Lipinski definition) is 3. The number of amides is 1. The zero-order valence-electron chi connectivity index (χ0n) is 7.32. The monoisotopic (exact) mass is 217 g/mol. The molecule has 0 heterocycles. The first-order chi connectivity index (χ1) is 6.47. The predicted molar refractivity (Wildman–Crippen MR) is 47.5 cm³/mol. The Morgan fingerprint density at radius 3 is 2.57 bits per heavy atom. The van der Waals surface area contributed by atoms with Crippen molar-refractivity contribution in [3.8, 4) is 0 Å². The van der Waals surface area contributed by atoms with Crippen LogP contribution in [0.4, 0.5) is 4.39 Å². The van der Waals surface area contributed by atoms with Crippen molar-refractivity contribution in [2.24, 2.45) is 0 Å². The van der Waals surface area contributed by atoms with E-state index in [9.17, 15) is 17.6 Å². The standard InChI is InChI=1S/C8H8FNO3S/c1-6-4-7(2-3-8(6)9)14(12,13)10-5-11/h2-5H,1H3,(H,10,11). The molecule has 14 heavy (non-hydrogen) atoms. The van der Waals surface area contributed by atoms with Crippen molar-refractivity contribution in [2.45, 2.75) is 11.8 Å². The van der Waals surface area contributed by atoms with Crippen LogP contribution < -0.4 is 4.72 Å². The highest BCUT2D eigenvalue weighted by Crippen LogP contribution is 2.13. The number of halogens is 1. The van der Waals surface area contributed by atoms with Crippen LogP contribution in [0.5, 0.6) is 0 Å². The van der Waals surface area contributed by atoms with Crippen molar-refractivity contribution in [2.75, 3.05) is 0 Å². The van der Waals surface area contributed by atoms with E-state index in [2.05, 4.69) is 0 Å². The first-order valence-corrected chi connectivity index (χ1v) is 5.18. The number of rotatable bonds is 3. The molecule has 0 atom stereocenters. The lowest BCUT2D eigenvalue weighted by Crippen LogP contribution is -2.21. The van der Waals surface area contributed by atoms with Gasteiger partial charge in [0.2, 0.25) is 6.41 Å². The molecule has 0 aliphatic carbocycles. The van der Waals surface area contributed by atoms with Gasteiger partial charge in [0, 0.05) is 0 Å². The predicted octanol–water partition coefficient (Wildman–Crippen LogP) is 0.569. The number of carbonyl (C=O) groups is 1. The Morgan fingerprint density at radius 1 is 1.43 bits per heavy atom. The molecule has 0 saturated heterocycles. The first kappa shape index (κ1) is 10.6. The maximum atomic E-state index is 12.8. The maximum absolute atomic E-state index is 12.8. The van der Waals surface area contributed by atoms with E-state index in [1.807, 2.05) is 0 Å². The van der Waals surface area contributed by atoms with Gasteiger partial charge in [-0.1, -0.05) is 0 Å². The molecule has 0 spiro atoms. The number of benzene rings is 1. The lowest BCUT2D eigenvalue weighted by Gasteiger charge is -2.03. The normalized spacial score (nSPS) is 11.0. The largest absolute Gasteiger partial charge is 0.278 e. The summed E-state index contributed by atoms with van der Waals surface area (Å²) in [6.07, 6.45) is 0.0635. The van der Waals surface area contributed by atoms with Gasteiger partial charge < -0.3 is 0 Å². The summed E-state index contributed by atoms with van der Waals surface area (Å²) in [7, 11) is -3.83. The Balaban J connectivity index is 3.21. The van der Waals surface area contributed by atoms with Crippen LogP contribution >= 0.6 is 0 Å². The van der Waals surface area contributed by atoms with Gasteiger partial charge >= 0.3 is 0 Å². The van der Waals surface area contributed by atoms with Crippen molar-refractivity contribution in [3.63, 3.8) is 0 Å². The van der Waals surface area contributed by atoms with Gasteiger partial charge in [-0.3, -0.25) is 9.52 Å². The summed E-state index contributed by atoms with van der Waals surface area (Å²) in [5, 5.41) is 0. The van der Waals surface area contributed by atoms with E-state index >= 15 is 0 Å². The van der Waals surface area contributed by atoms with Crippen LogP contribution in [0.2, 0.25) is 0 Å². The highest BCUT2D eigenvalue weighted by Gasteiger charge is 2.13. The maximum Gasteiger partial charge on any atom is 0.263 e. The average molecular weight is 217 g/mol. The van der Waals surface area contributed by atoms with Gasteiger partial charge in [0.1, 0.15) is 5.82 Å². The highest BCUT2D eigenvalue weighted by molar-refractivity contribution is 7.90. The second-order valence-electron chi connectivity index (χ2n) is 2.65. The van der Waals surface area contributed by atoms with Gasteiger partial charge in [0.15, 0.2) is 0 Å². The molecule has 1 aromatic carbocycles. The van der Waals surface area contributed by atoms with Crippen molar-refractivity contribution in [1.82, 2.24) is 4.72 Å². The van der Waals surface area contributed by atoms with Gasteiger partial charge in [-0.15, -0.1) is 0 Å². The second kappa shape index (κ2) is 3.75. The van der Waals surface area contributed by atoms with Crippen LogP contribution in [0.3, 0.4) is 0 Å². The van der Waals surface area contributed by atoms with E-state index in [0.717, 1.165) is 18.2 Å². The second-order valence-corrected chi connectivity index (χ2v) is 4.36. The SMILES string of the molecule is Cc1cc(S(=O)(=O)NC=O)ccc1F. The summed E-state index contributed by atoms with van der Waals surface area (Å²) in [6, 6.07) is 3.28. The molecular weight excluding hydrogens is 209 g/mol. The topological polar surface area (TPSA) is 63.2 Å². The van der Waals surface area contributed by atoms with E-state index in [-0.39, 0.29) is 16.9 Å². The molecule has 0 radical (unpaired) electrons. The Labute approximate surface area is 80.8 Å². The molecule has 0 unspecified atom stereocenters. The fraction of sp³-hybridized carbons (Fsp3) is 0.125. The smallest absolute Gasteiger partial charge is 0.263 e. The Kier molecular flexibility index (Phi) is 2.85.